The second-order valence-electron chi connectivity index (χ2n) is 5.82. The van der Waals surface area contributed by atoms with Crippen LogP contribution in [0.2, 0.25) is 0 Å². The van der Waals surface area contributed by atoms with Crippen LogP contribution in [-0.2, 0) is 17.9 Å². The predicted octanol–water partition coefficient (Wildman–Crippen LogP) is 1.84. The smallest absolute Gasteiger partial charge is 0.217 e. The molecule has 1 aliphatic heterocycles. The molecule has 0 radical (unpaired) electrons. The number of nitrogens with zero attached hydrogens (tertiary/aromatic N) is 4. The van der Waals surface area contributed by atoms with Gasteiger partial charge in [-0.3, -0.25) is 24.6 Å². The molecule has 2 aromatic rings. The van der Waals surface area contributed by atoms with Crippen LogP contribution in [-0.4, -0.2) is 32.3 Å². The molecular weight excluding hydrogens is 290 g/mol. The monoisotopic (exact) mass is 311 g/mol. The lowest BCUT2D eigenvalue weighted by Crippen LogP contribution is -2.24. The Morgan fingerprint density at radius 2 is 2.17 bits per heavy atom. The Balaban J connectivity index is 1.72. The Morgan fingerprint density at radius 1 is 1.30 bits per heavy atom. The van der Waals surface area contributed by atoms with Crippen LogP contribution < -0.4 is 5.32 Å². The number of nitrogens with one attached hydrogen (secondary N) is 1. The van der Waals surface area contributed by atoms with Crippen LogP contribution in [0.25, 0.3) is 0 Å². The zero-order valence-electron chi connectivity index (χ0n) is 13.3. The lowest BCUT2D eigenvalue weighted by molar-refractivity contribution is -0.119. The first-order valence-corrected chi connectivity index (χ1v) is 7.90. The van der Waals surface area contributed by atoms with Gasteiger partial charge in [-0.15, -0.1) is 0 Å². The van der Waals surface area contributed by atoms with Crippen molar-refractivity contribution < 1.29 is 4.79 Å². The van der Waals surface area contributed by atoms with Gasteiger partial charge >= 0.3 is 0 Å². The number of rotatable bonds is 5. The van der Waals surface area contributed by atoms with Crippen molar-refractivity contribution in [2.24, 2.45) is 0 Å². The normalized spacial score (nSPS) is 18.0. The van der Waals surface area contributed by atoms with Crippen LogP contribution in [0.4, 0.5) is 0 Å². The summed E-state index contributed by atoms with van der Waals surface area (Å²) in [4.78, 5) is 26.3. The molecule has 120 valence electrons. The van der Waals surface area contributed by atoms with Gasteiger partial charge < -0.3 is 5.32 Å². The van der Waals surface area contributed by atoms with Crippen molar-refractivity contribution >= 4 is 5.91 Å². The van der Waals surface area contributed by atoms with Crippen molar-refractivity contribution in [3.63, 3.8) is 0 Å². The zero-order valence-corrected chi connectivity index (χ0v) is 13.3. The van der Waals surface area contributed by atoms with Crippen molar-refractivity contribution in [3.05, 3.63) is 53.9 Å². The van der Waals surface area contributed by atoms with Crippen LogP contribution in [0.1, 0.15) is 42.8 Å². The van der Waals surface area contributed by atoms with Gasteiger partial charge in [-0.2, -0.15) is 0 Å². The molecule has 6 nitrogen and oxygen atoms in total. The van der Waals surface area contributed by atoms with E-state index in [0.29, 0.717) is 12.6 Å². The molecule has 1 N–H and O–H groups in total. The maximum absolute atomic E-state index is 11.1. The molecule has 0 aromatic carbocycles. The average molecular weight is 311 g/mol. The van der Waals surface area contributed by atoms with Crippen LogP contribution in [0.5, 0.6) is 0 Å². The molecule has 3 rings (SSSR count). The van der Waals surface area contributed by atoms with Crippen molar-refractivity contribution in [3.8, 4) is 0 Å². The van der Waals surface area contributed by atoms with Crippen molar-refractivity contribution in [2.75, 3.05) is 6.54 Å². The second-order valence-corrected chi connectivity index (χ2v) is 5.82. The van der Waals surface area contributed by atoms with Gasteiger partial charge in [0.1, 0.15) is 0 Å². The van der Waals surface area contributed by atoms with Gasteiger partial charge in [-0.1, -0.05) is 0 Å². The number of carbonyl (C=O) groups is 1. The quantitative estimate of drug-likeness (QED) is 0.912. The number of likely N-dealkylation sites (tertiary alicyclic amines) is 1. The van der Waals surface area contributed by atoms with E-state index in [0.717, 1.165) is 30.9 Å². The Morgan fingerprint density at radius 3 is 2.96 bits per heavy atom. The number of pyridine rings is 1. The molecule has 6 heteroatoms. The molecule has 0 saturated carbocycles. The molecule has 1 fully saturated rings. The van der Waals surface area contributed by atoms with Gasteiger partial charge in [0.15, 0.2) is 0 Å². The van der Waals surface area contributed by atoms with E-state index < -0.39 is 0 Å². The number of carbonyl (C=O) groups excluding carboxylic acids is 1. The molecule has 1 amide bonds. The highest BCUT2D eigenvalue weighted by Crippen LogP contribution is 2.32. The molecule has 0 bridgehead atoms. The minimum atomic E-state index is -0.0395. The Hall–Kier alpha value is -2.34. The summed E-state index contributed by atoms with van der Waals surface area (Å²) < 4.78 is 0. The van der Waals surface area contributed by atoms with E-state index in [4.69, 9.17) is 0 Å². The van der Waals surface area contributed by atoms with Crippen molar-refractivity contribution in [1.82, 2.24) is 25.2 Å². The highest BCUT2D eigenvalue weighted by Gasteiger charge is 2.26. The van der Waals surface area contributed by atoms with E-state index in [-0.39, 0.29) is 5.91 Å². The molecule has 2 aromatic heterocycles. The minimum absolute atomic E-state index is 0.0395. The van der Waals surface area contributed by atoms with E-state index in [1.54, 1.807) is 12.4 Å². The first kappa shape index (κ1) is 15.6. The van der Waals surface area contributed by atoms with E-state index >= 15 is 0 Å². The minimum Gasteiger partial charge on any atom is -0.351 e. The maximum Gasteiger partial charge on any atom is 0.217 e. The summed E-state index contributed by atoms with van der Waals surface area (Å²) in [6, 6.07) is 4.53. The fraction of sp³-hybridized carbons (Fsp3) is 0.412. The van der Waals surface area contributed by atoms with E-state index in [2.05, 4.69) is 37.3 Å². The zero-order chi connectivity index (χ0) is 16.1. The molecule has 1 unspecified atom stereocenters. The summed E-state index contributed by atoms with van der Waals surface area (Å²) in [5, 5.41) is 2.80. The highest BCUT2D eigenvalue weighted by atomic mass is 16.1. The average Bonchev–Trinajstić information content (AvgIpc) is 3.02. The third-order valence-electron chi connectivity index (χ3n) is 4.09. The first-order chi connectivity index (χ1) is 11.2. The highest BCUT2D eigenvalue weighted by molar-refractivity contribution is 5.72. The van der Waals surface area contributed by atoms with Gasteiger partial charge in [0.2, 0.25) is 5.91 Å². The van der Waals surface area contributed by atoms with Crippen molar-refractivity contribution in [1.29, 1.82) is 0 Å². The largest absolute Gasteiger partial charge is 0.351 e. The molecule has 0 spiro atoms. The molecule has 0 aliphatic carbocycles. The van der Waals surface area contributed by atoms with Crippen LogP contribution >= 0.6 is 0 Å². The summed E-state index contributed by atoms with van der Waals surface area (Å²) in [6.45, 7) is 3.86. The summed E-state index contributed by atoms with van der Waals surface area (Å²) in [7, 11) is 0. The summed E-state index contributed by atoms with van der Waals surface area (Å²) in [6.07, 6.45) is 9.38. The van der Waals surface area contributed by atoms with Crippen molar-refractivity contribution in [2.45, 2.75) is 38.9 Å². The number of aromatic nitrogens is 3. The van der Waals surface area contributed by atoms with Gasteiger partial charge in [-0.05, 0) is 37.1 Å². The molecular formula is C17H21N5O. The van der Waals surface area contributed by atoms with E-state index in [1.807, 2.05) is 12.4 Å². The van der Waals surface area contributed by atoms with Gasteiger partial charge in [-0.25, -0.2) is 0 Å². The second kappa shape index (κ2) is 7.28. The number of hydrogen-bond acceptors (Lipinski definition) is 5. The Kier molecular flexibility index (Phi) is 4.92. The topological polar surface area (TPSA) is 71.0 Å². The van der Waals surface area contributed by atoms with Crippen LogP contribution in [0, 0.1) is 0 Å². The third-order valence-corrected chi connectivity index (χ3v) is 4.09. The Bertz CT molecular complexity index is 661. The lowest BCUT2D eigenvalue weighted by atomic mass is 10.0. The van der Waals surface area contributed by atoms with Gasteiger partial charge in [0.05, 0.1) is 17.9 Å². The van der Waals surface area contributed by atoms with Crippen LogP contribution in [0.3, 0.4) is 0 Å². The maximum atomic E-state index is 11.1. The van der Waals surface area contributed by atoms with E-state index in [9.17, 15) is 4.79 Å². The number of amides is 1. The van der Waals surface area contributed by atoms with Gasteiger partial charge in [0, 0.05) is 44.3 Å². The Labute approximate surface area is 136 Å². The summed E-state index contributed by atoms with van der Waals surface area (Å²) in [5.41, 5.74) is 3.14. The fourth-order valence-corrected chi connectivity index (χ4v) is 3.03. The molecule has 1 atom stereocenters. The summed E-state index contributed by atoms with van der Waals surface area (Å²) in [5.74, 6) is -0.0395. The lowest BCUT2D eigenvalue weighted by Gasteiger charge is -2.24. The molecule has 3 heterocycles. The van der Waals surface area contributed by atoms with E-state index in [1.165, 1.54) is 18.9 Å². The first-order valence-electron chi connectivity index (χ1n) is 7.90. The SMILES string of the molecule is CC(=O)NCc1cc(C2CCCN2Cc2cnccn2)ccn1. The fourth-order valence-electron chi connectivity index (χ4n) is 3.03. The standard InChI is InChI=1S/C17H21N5O/c1-13(23)21-11-15-9-14(4-5-19-15)17-3-2-8-22(17)12-16-10-18-6-7-20-16/h4-7,9-10,17H,2-3,8,11-12H2,1H3,(H,21,23). The van der Waals surface area contributed by atoms with Gasteiger partial charge in [0.25, 0.3) is 0 Å². The molecule has 1 aliphatic rings. The van der Waals surface area contributed by atoms with Crippen LogP contribution in [0.15, 0.2) is 36.9 Å². The predicted molar refractivity (Wildman–Crippen MR) is 86.2 cm³/mol. The number of hydrogen-bond donors (Lipinski definition) is 1. The summed E-state index contributed by atoms with van der Waals surface area (Å²) >= 11 is 0. The third kappa shape index (κ3) is 4.10. The molecule has 1 saturated heterocycles. The molecule has 23 heavy (non-hydrogen) atoms.